The molecule has 4 rings (SSSR count). The van der Waals surface area contributed by atoms with E-state index in [1.165, 1.54) is 10.4 Å². The second kappa shape index (κ2) is 7.40. The predicted molar refractivity (Wildman–Crippen MR) is 114 cm³/mol. The van der Waals surface area contributed by atoms with E-state index in [1.54, 1.807) is 11.3 Å². The van der Waals surface area contributed by atoms with Crippen LogP contribution in [0.2, 0.25) is 0 Å². The number of hydrogen-bond acceptors (Lipinski definition) is 3. The first-order valence-corrected chi connectivity index (χ1v) is 9.83. The van der Waals surface area contributed by atoms with Crippen LogP contribution in [0.1, 0.15) is 28.5 Å². The molecule has 1 N–H and O–H groups in total. The predicted octanol–water partition coefficient (Wildman–Crippen LogP) is 5.60. The van der Waals surface area contributed by atoms with Gasteiger partial charge < -0.3 is 5.32 Å². The highest BCUT2D eigenvalue weighted by atomic mass is 32.1. The first-order chi connectivity index (χ1) is 12.7. The molecule has 0 saturated carbocycles. The molecular formula is C21H19N3S2. The summed E-state index contributed by atoms with van der Waals surface area (Å²) in [5.74, 6) is 0. The van der Waals surface area contributed by atoms with Crippen LogP contribution in [0.25, 0.3) is 0 Å². The number of rotatable bonds is 3. The van der Waals surface area contributed by atoms with E-state index in [4.69, 9.17) is 17.3 Å². The molecule has 1 unspecified atom stereocenters. The SMILES string of the molecule is Cc1ccc(C2=NN(C(=S)Nc3ccccc3)C(c3cccs3)C2)cc1. The number of thiocarbonyl (C=S) groups is 1. The minimum atomic E-state index is 0.134. The van der Waals surface area contributed by atoms with Gasteiger partial charge in [-0.05, 0) is 48.3 Å². The van der Waals surface area contributed by atoms with Crippen molar-refractivity contribution in [2.75, 3.05) is 5.32 Å². The number of anilines is 1. The first kappa shape index (κ1) is 16.9. The van der Waals surface area contributed by atoms with Crippen molar-refractivity contribution in [3.63, 3.8) is 0 Å². The van der Waals surface area contributed by atoms with E-state index >= 15 is 0 Å². The van der Waals surface area contributed by atoms with E-state index in [1.807, 2.05) is 35.3 Å². The lowest BCUT2D eigenvalue weighted by molar-refractivity contribution is 0.380. The Morgan fingerprint density at radius 2 is 1.85 bits per heavy atom. The highest BCUT2D eigenvalue weighted by Gasteiger charge is 2.32. The topological polar surface area (TPSA) is 27.6 Å². The number of aryl methyl sites for hydroxylation is 1. The molecule has 5 heteroatoms. The maximum absolute atomic E-state index is 5.68. The Labute approximate surface area is 163 Å². The summed E-state index contributed by atoms with van der Waals surface area (Å²) in [4.78, 5) is 1.27. The van der Waals surface area contributed by atoms with Crippen LogP contribution < -0.4 is 5.32 Å². The summed E-state index contributed by atoms with van der Waals surface area (Å²) in [6.45, 7) is 2.10. The van der Waals surface area contributed by atoms with Crippen molar-refractivity contribution in [1.82, 2.24) is 5.01 Å². The van der Waals surface area contributed by atoms with Crippen LogP contribution in [-0.2, 0) is 0 Å². The van der Waals surface area contributed by atoms with E-state index in [0.29, 0.717) is 5.11 Å². The lowest BCUT2D eigenvalue weighted by Crippen LogP contribution is -2.30. The number of thiophene rings is 1. The van der Waals surface area contributed by atoms with Crippen molar-refractivity contribution in [2.45, 2.75) is 19.4 Å². The summed E-state index contributed by atoms with van der Waals surface area (Å²) in [6.07, 6.45) is 0.847. The van der Waals surface area contributed by atoms with Gasteiger partial charge in [-0.3, -0.25) is 0 Å². The van der Waals surface area contributed by atoms with Gasteiger partial charge in [-0.25, -0.2) is 5.01 Å². The number of nitrogens with one attached hydrogen (secondary N) is 1. The van der Waals surface area contributed by atoms with Crippen LogP contribution in [0.3, 0.4) is 0 Å². The molecule has 0 saturated heterocycles. The highest BCUT2D eigenvalue weighted by molar-refractivity contribution is 7.80. The minimum Gasteiger partial charge on any atom is -0.331 e. The normalized spacial score (nSPS) is 16.4. The summed E-state index contributed by atoms with van der Waals surface area (Å²) >= 11 is 7.43. The maximum Gasteiger partial charge on any atom is 0.194 e. The minimum absolute atomic E-state index is 0.134. The van der Waals surface area contributed by atoms with Gasteiger partial charge in [0, 0.05) is 17.0 Å². The van der Waals surface area contributed by atoms with Crippen molar-refractivity contribution in [1.29, 1.82) is 0 Å². The van der Waals surface area contributed by atoms with Crippen molar-refractivity contribution in [3.05, 3.63) is 88.1 Å². The van der Waals surface area contributed by atoms with Gasteiger partial charge >= 0.3 is 0 Å². The Kier molecular flexibility index (Phi) is 4.82. The fourth-order valence-electron chi connectivity index (χ4n) is 3.02. The summed E-state index contributed by atoms with van der Waals surface area (Å²) in [6, 6.07) is 22.9. The van der Waals surface area contributed by atoms with Crippen molar-refractivity contribution in [3.8, 4) is 0 Å². The molecule has 26 heavy (non-hydrogen) atoms. The summed E-state index contributed by atoms with van der Waals surface area (Å²) in [5, 5.41) is 12.9. The van der Waals surface area contributed by atoms with Gasteiger partial charge in [0.15, 0.2) is 5.11 Å². The molecule has 0 bridgehead atoms. The lowest BCUT2D eigenvalue weighted by atomic mass is 10.0. The molecule has 2 aromatic carbocycles. The van der Waals surface area contributed by atoms with Gasteiger partial charge in [0.1, 0.15) is 0 Å². The van der Waals surface area contributed by atoms with Crippen molar-refractivity contribution < 1.29 is 0 Å². The Morgan fingerprint density at radius 1 is 1.08 bits per heavy atom. The van der Waals surface area contributed by atoms with Crippen molar-refractivity contribution >= 4 is 40.1 Å². The number of para-hydroxylation sites is 1. The van der Waals surface area contributed by atoms with Gasteiger partial charge in [0.05, 0.1) is 11.8 Å². The number of benzene rings is 2. The zero-order valence-electron chi connectivity index (χ0n) is 14.4. The van der Waals surface area contributed by atoms with Gasteiger partial charge in [-0.1, -0.05) is 54.1 Å². The fourth-order valence-corrected chi connectivity index (χ4v) is 4.12. The molecule has 130 valence electrons. The molecule has 0 radical (unpaired) electrons. The summed E-state index contributed by atoms with van der Waals surface area (Å²) < 4.78 is 0. The van der Waals surface area contributed by atoms with Crippen LogP contribution >= 0.6 is 23.6 Å². The largest absolute Gasteiger partial charge is 0.331 e. The van der Waals surface area contributed by atoms with E-state index in [2.05, 4.69) is 54.0 Å². The van der Waals surface area contributed by atoms with E-state index < -0.39 is 0 Å². The summed E-state index contributed by atoms with van der Waals surface area (Å²) in [5.41, 5.74) is 4.45. The fraction of sp³-hybridized carbons (Fsp3) is 0.143. The van der Waals surface area contributed by atoms with Gasteiger partial charge in [0.2, 0.25) is 0 Å². The molecule has 1 atom stereocenters. The van der Waals surface area contributed by atoms with Gasteiger partial charge in [0.25, 0.3) is 0 Å². The molecule has 0 amide bonds. The molecule has 0 spiro atoms. The Bertz CT molecular complexity index is 916. The van der Waals surface area contributed by atoms with Crippen LogP contribution in [0.4, 0.5) is 5.69 Å². The molecular weight excluding hydrogens is 358 g/mol. The van der Waals surface area contributed by atoms with Gasteiger partial charge in [-0.15, -0.1) is 11.3 Å². The maximum atomic E-state index is 5.68. The number of hydrogen-bond donors (Lipinski definition) is 1. The smallest absolute Gasteiger partial charge is 0.194 e. The third-order valence-corrected chi connectivity index (χ3v) is 5.66. The molecule has 0 fully saturated rings. The third kappa shape index (κ3) is 3.54. The highest BCUT2D eigenvalue weighted by Crippen LogP contribution is 2.35. The van der Waals surface area contributed by atoms with E-state index in [9.17, 15) is 0 Å². The molecule has 1 aliphatic rings. The number of hydrazone groups is 1. The van der Waals surface area contributed by atoms with Crippen LogP contribution in [0, 0.1) is 6.92 Å². The van der Waals surface area contributed by atoms with Crippen LogP contribution in [-0.4, -0.2) is 15.8 Å². The lowest BCUT2D eigenvalue weighted by Gasteiger charge is -2.23. The molecule has 2 heterocycles. The molecule has 3 aromatic rings. The van der Waals surface area contributed by atoms with Crippen LogP contribution in [0.5, 0.6) is 0 Å². The Morgan fingerprint density at radius 3 is 2.54 bits per heavy atom. The second-order valence-electron chi connectivity index (χ2n) is 6.29. The standard InChI is InChI=1S/C21H19N3S2/c1-15-9-11-16(12-10-15)18-14-19(20-8-5-13-26-20)24(23-18)21(25)22-17-6-3-2-4-7-17/h2-13,19H,14H2,1H3,(H,22,25). The van der Waals surface area contributed by atoms with Crippen molar-refractivity contribution in [2.24, 2.45) is 5.10 Å². The first-order valence-electron chi connectivity index (χ1n) is 8.54. The van der Waals surface area contributed by atoms with Gasteiger partial charge in [-0.2, -0.15) is 5.10 Å². The Hall–Kier alpha value is -2.50. The molecule has 3 nitrogen and oxygen atoms in total. The zero-order chi connectivity index (χ0) is 17.9. The Balaban J connectivity index is 1.63. The van der Waals surface area contributed by atoms with Crippen LogP contribution in [0.15, 0.2) is 77.2 Å². The zero-order valence-corrected chi connectivity index (χ0v) is 16.1. The summed E-state index contributed by atoms with van der Waals surface area (Å²) in [7, 11) is 0. The third-order valence-electron chi connectivity index (χ3n) is 4.40. The van der Waals surface area contributed by atoms with E-state index in [-0.39, 0.29) is 6.04 Å². The average Bonchev–Trinajstić information content (AvgIpc) is 3.33. The molecule has 1 aliphatic heterocycles. The number of nitrogens with zero attached hydrogens (tertiary/aromatic N) is 2. The molecule has 0 aliphatic carbocycles. The quantitative estimate of drug-likeness (QED) is 0.602. The van der Waals surface area contributed by atoms with E-state index in [0.717, 1.165) is 23.4 Å². The average molecular weight is 378 g/mol. The monoisotopic (exact) mass is 377 g/mol. The second-order valence-corrected chi connectivity index (χ2v) is 7.65. The molecule has 1 aromatic heterocycles.